The van der Waals surface area contributed by atoms with Crippen molar-refractivity contribution < 1.29 is 19.1 Å². The zero-order valence-electron chi connectivity index (χ0n) is 17.9. The number of fused-ring (bicyclic) bond motifs is 3. The van der Waals surface area contributed by atoms with Crippen molar-refractivity contribution in [2.75, 3.05) is 37.6 Å². The van der Waals surface area contributed by atoms with E-state index < -0.39 is 6.04 Å². The Morgan fingerprint density at radius 1 is 1.19 bits per heavy atom. The second-order valence-electron chi connectivity index (χ2n) is 7.58. The van der Waals surface area contributed by atoms with Crippen LogP contribution in [0.5, 0.6) is 5.75 Å². The molecule has 1 aliphatic rings. The van der Waals surface area contributed by atoms with E-state index in [-0.39, 0.29) is 18.2 Å². The zero-order chi connectivity index (χ0) is 22.0. The first-order valence-corrected chi connectivity index (χ1v) is 10.2. The van der Waals surface area contributed by atoms with Crippen LogP contribution in [0, 0.1) is 6.92 Å². The fraction of sp³-hybridized carbons (Fsp3) is 0.348. The Morgan fingerprint density at radius 3 is 2.77 bits per heavy atom. The molecule has 0 fully saturated rings. The Balaban J connectivity index is 1.62. The molecule has 0 radical (unpaired) electrons. The van der Waals surface area contributed by atoms with E-state index in [9.17, 15) is 9.59 Å². The molecule has 4 rings (SSSR count). The molecule has 3 aromatic rings. The SMILES string of the molecule is COCCCN1C(=O)[C@H](CC(=O)Nc2cc(C)ccc2OC)n2c1nc1ccccc12. The summed E-state index contributed by atoms with van der Waals surface area (Å²) in [5.41, 5.74) is 3.23. The maximum Gasteiger partial charge on any atom is 0.253 e. The molecule has 2 amide bonds. The van der Waals surface area contributed by atoms with Crippen LogP contribution in [0.3, 0.4) is 0 Å². The third-order valence-electron chi connectivity index (χ3n) is 5.42. The van der Waals surface area contributed by atoms with Crippen LogP contribution in [-0.4, -0.2) is 48.7 Å². The van der Waals surface area contributed by atoms with Crippen molar-refractivity contribution in [2.24, 2.45) is 0 Å². The average molecular weight is 422 g/mol. The first kappa shape index (κ1) is 20.9. The molecule has 0 bridgehead atoms. The number of hydrogen-bond donors (Lipinski definition) is 1. The van der Waals surface area contributed by atoms with E-state index >= 15 is 0 Å². The number of aromatic nitrogens is 2. The lowest BCUT2D eigenvalue weighted by Gasteiger charge is -2.16. The highest BCUT2D eigenvalue weighted by Crippen LogP contribution is 2.37. The lowest BCUT2D eigenvalue weighted by Crippen LogP contribution is -2.32. The number of nitrogens with one attached hydrogen (secondary N) is 1. The van der Waals surface area contributed by atoms with Crippen molar-refractivity contribution in [1.29, 1.82) is 0 Å². The van der Waals surface area contributed by atoms with Gasteiger partial charge in [-0.1, -0.05) is 18.2 Å². The first-order chi connectivity index (χ1) is 15.0. The van der Waals surface area contributed by atoms with Crippen molar-refractivity contribution in [3.05, 3.63) is 48.0 Å². The van der Waals surface area contributed by atoms with Crippen LogP contribution in [0.1, 0.15) is 24.4 Å². The van der Waals surface area contributed by atoms with Gasteiger partial charge >= 0.3 is 0 Å². The van der Waals surface area contributed by atoms with E-state index in [1.807, 2.05) is 54.0 Å². The molecule has 0 saturated carbocycles. The van der Waals surface area contributed by atoms with Gasteiger partial charge in [-0.2, -0.15) is 0 Å². The highest BCUT2D eigenvalue weighted by Gasteiger charge is 2.40. The largest absolute Gasteiger partial charge is 0.495 e. The van der Waals surface area contributed by atoms with Gasteiger partial charge < -0.3 is 14.8 Å². The van der Waals surface area contributed by atoms with Crippen LogP contribution in [0.25, 0.3) is 11.0 Å². The highest BCUT2D eigenvalue weighted by atomic mass is 16.5. The summed E-state index contributed by atoms with van der Waals surface area (Å²) in [5, 5.41) is 2.90. The summed E-state index contributed by atoms with van der Waals surface area (Å²) in [5.74, 6) is 0.764. The number of nitrogens with zero attached hydrogens (tertiary/aromatic N) is 3. The molecule has 0 spiro atoms. The van der Waals surface area contributed by atoms with Gasteiger partial charge in [0.25, 0.3) is 5.91 Å². The molecular formula is C23H26N4O4. The molecule has 0 unspecified atom stereocenters. The minimum absolute atomic E-state index is 0.00403. The Morgan fingerprint density at radius 2 is 2.00 bits per heavy atom. The Kier molecular flexibility index (Phi) is 5.90. The van der Waals surface area contributed by atoms with Crippen molar-refractivity contribution in [3.8, 4) is 5.75 Å². The van der Waals surface area contributed by atoms with E-state index in [1.54, 1.807) is 19.1 Å². The summed E-state index contributed by atoms with van der Waals surface area (Å²) in [4.78, 5) is 32.5. The number of rotatable bonds is 8. The number of benzene rings is 2. The molecule has 8 heteroatoms. The van der Waals surface area contributed by atoms with Crippen molar-refractivity contribution in [2.45, 2.75) is 25.8 Å². The van der Waals surface area contributed by atoms with E-state index in [0.29, 0.717) is 37.0 Å². The highest BCUT2D eigenvalue weighted by molar-refractivity contribution is 6.05. The summed E-state index contributed by atoms with van der Waals surface area (Å²) in [6.07, 6.45) is 0.689. The molecule has 1 aliphatic heterocycles. The smallest absolute Gasteiger partial charge is 0.253 e. The van der Waals surface area contributed by atoms with Crippen LogP contribution >= 0.6 is 0 Å². The first-order valence-electron chi connectivity index (χ1n) is 10.2. The number of hydrogen-bond acceptors (Lipinski definition) is 5. The monoisotopic (exact) mass is 422 g/mol. The molecule has 31 heavy (non-hydrogen) atoms. The number of carbonyl (C=O) groups excluding carboxylic acids is 2. The van der Waals surface area contributed by atoms with Crippen molar-refractivity contribution in [3.63, 3.8) is 0 Å². The summed E-state index contributed by atoms with van der Waals surface area (Å²) < 4.78 is 12.4. The fourth-order valence-electron chi connectivity index (χ4n) is 3.97. The predicted molar refractivity (Wildman–Crippen MR) is 119 cm³/mol. The fourth-order valence-corrected chi connectivity index (χ4v) is 3.97. The quantitative estimate of drug-likeness (QED) is 0.563. The van der Waals surface area contributed by atoms with Crippen LogP contribution in [0.4, 0.5) is 11.6 Å². The minimum atomic E-state index is -0.652. The van der Waals surface area contributed by atoms with E-state index in [4.69, 9.17) is 9.47 Å². The number of anilines is 2. The number of amides is 2. The second kappa shape index (κ2) is 8.77. The van der Waals surface area contributed by atoms with Crippen LogP contribution in [0.2, 0.25) is 0 Å². The lowest BCUT2D eigenvalue weighted by atomic mass is 10.1. The molecule has 2 aromatic carbocycles. The number of methoxy groups -OCH3 is 2. The normalized spacial score (nSPS) is 15.4. The van der Waals surface area contributed by atoms with Gasteiger partial charge in [0.15, 0.2) is 0 Å². The number of ether oxygens (including phenoxy) is 2. The van der Waals surface area contributed by atoms with E-state index in [1.165, 1.54) is 0 Å². The van der Waals surface area contributed by atoms with Gasteiger partial charge in [0.05, 0.1) is 30.3 Å². The molecule has 2 heterocycles. The Hall–Kier alpha value is -3.39. The Labute approximate surface area is 180 Å². The summed E-state index contributed by atoms with van der Waals surface area (Å²) in [6.45, 7) is 2.97. The van der Waals surface area contributed by atoms with Crippen LogP contribution in [0.15, 0.2) is 42.5 Å². The van der Waals surface area contributed by atoms with Gasteiger partial charge in [-0.3, -0.25) is 19.1 Å². The Bertz CT molecular complexity index is 1120. The van der Waals surface area contributed by atoms with Gasteiger partial charge in [-0.25, -0.2) is 4.98 Å². The molecule has 0 saturated heterocycles. The third kappa shape index (κ3) is 3.98. The molecule has 1 atom stereocenters. The molecule has 8 nitrogen and oxygen atoms in total. The molecule has 1 N–H and O–H groups in total. The predicted octanol–water partition coefficient (Wildman–Crippen LogP) is 3.31. The van der Waals surface area contributed by atoms with Gasteiger partial charge in [0, 0.05) is 20.3 Å². The van der Waals surface area contributed by atoms with E-state index in [0.717, 1.165) is 16.6 Å². The van der Waals surface area contributed by atoms with E-state index in [2.05, 4.69) is 10.3 Å². The molecule has 162 valence electrons. The summed E-state index contributed by atoms with van der Waals surface area (Å²) >= 11 is 0. The van der Waals surface area contributed by atoms with Crippen LogP contribution in [-0.2, 0) is 14.3 Å². The number of imidazole rings is 1. The maximum atomic E-state index is 13.2. The van der Waals surface area contributed by atoms with Gasteiger partial charge in [0.1, 0.15) is 11.8 Å². The third-order valence-corrected chi connectivity index (χ3v) is 5.42. The minimum Gasteiger partial charge on any atom is -0.495 e. The van der Waals surface area contributed by atoms with Gasteiger partial charge in [-0.05, 0) is 43.2 Å². The van der Waals surface area contributed by atoms with Gasteiger partial charge in [-0.15, -0.1) is 0 Å². The van der Waals surface area contributed by atoms with Crippen molar-refractivity contribution >= 4 is 34.5 Å². The maximum absolute atomic E-state index is 13.2. The molecule has 1 aromatic heterocycles. The summed E-state index contributed by atoms with van der Waals surface area (Å²) in [6, 6.07) is 12.6. The van der Waals surface area contributed by atoms with Crippen molar-refractivity contribution in [1.82, 2.24) is 9.55 Å². The second-order valence-corrected chi connectivity index (χ2v) is 7.58. The van der Waals surface area contributed by atoms with Crippen LogP contribution < -0.4 is 15.0 Å². The average Bonchev–Trinajstić information content (AvgIpc) is 3.24. The number of para-hydroxylation sites is 2. The summed E-state index contributed by atoms with van der Waals surface area (Å²) in [7, 11) is 3.19. The lowest BCUT2D eigenvalue weighted by molar-refractivity contribution is -0.124. The number of carbonyl (C=O) groups is 2. The molecule has 0 aliphatic carbocycles. The molecular weight excluding hydrogens is 396 g/mol. The topological polar surface area (TPSA) is 85.7 Å². The number of aryl methyl sites for hydroxylation is 1. The standard InChI is InChI=1S/C23H26N4O4/c1-15-9-10-20(31-3)17(13-15)24-21(28)14-19-22(29)26(11-6-12-30-2)23-25-16-7-4-5-8-18(16)27(19)23/h4-5,7-10,13,19H,6,11-12,14H2,1-3H3,(H,24,28)/t19-/m0/s1. The zero-order valence-corrected chi connectivity index (χ0v) is 17.9. The van der Waals surface area contributed by atoms with Gasteiger partial charge in [0.2, 0.25) is 11.9 Å².